The number of nitrogens with one attached hydrogen (secondary N) is 1. The van der Waals surface area contributed by atoms with Gasteiger partial charge in [-0.05, 0) is 26.1 Å². The molecule has 1 heterocycles. The molecule has 1 atom stereocenters. The normalized spacial score (nSPS) is 17.4. The lowest BCUT2D eigenvalue weighted by molar-refractivity contribution is -0.134. The van der Waals surface area contributed by atoms with Gasteiger partial charge in [0.2, 0.25) is 5.91 Å². The monoisotopic (exact) mass is 309 g/mol. The van der Waals surface area contributed by atoms with Crippen LogP contribution in [0.2, 0.25) is 5.02 Å². The number of benzene rings is 1. The van der Waals surface area contributed by atoms with Crippen LogP contribution in [0.25, 0.3) is 0 Å². The first-order chi connectivity index (χ1) is 9.99. The van der Waals surface area contributed by atoms with Crippen molar-refractivity contribution in [2.45, 2.75) is 13.0 Å². The lowest BCUT2D eigenvalue weighted by Gasteiger charge is -2.34. The summed E-state index contributed by atoms with van der Waals surface area (Å²) < 4.78 is 0. The van der Waals surface area contributed by atoms with Crippen molar-refractivity contribution < 1.29 is 9.59 Å². The topological polar surface area (TPSA) is 52.7 Å². The molecule has 1 aliphatic heterocycles. The third kappa shape index (κ3) is 3.95. The molecule has 0 bridgehead atoms. The molecule has 2 rings (SSSR count). The van der Waals surface area contributed by atoms with Crippen molar-refractivity contribution in [2.75, 3.05) is 33.2 Å². The first-order valence-corrected chi connectivity index (χ1v) is 7.39. The average Bonchev–Trinajstić information content (AvgIpc) is 2.47. The Morgan fingerprint density at radius 1 is 1.19 bits per heavy atom. The van der Waals surface area contributed by atoms with Crippen molar-refractivity contribution >= 4 is 23.4 Å². The third-order valence-corrected chi connectivity index (χ3v) is 3.98. The van der Waals surface area contributed by atoms with Crippen LogP contribution in [-0.4, -0.2) is 60.9 Å². The van der Waals surface area contributed by atoms with E-state index in [9.17, 15) is 9.59 Å². The van der Waals surface area contributed by atoms with Crippen LogP contribution in [0.15, 0.2) is 24.3 Å². The van der Waals surface area contributed by atoms with Gasteiger partial charge in [-0.3, -0.25) is 9.59 Å². The van der Waals surface area contributed by atoms with Crippen LogP contribution < -0.4 is 5.32 Å². The summed E-state index contributed by atoms with van der Waals surface area (Å²) in [6.45, 7) is 4.81. The summed E-state index contributed by atoms with van der Waals surface area (Å²) in [5, 5.41) is 3.10. The zero-order valence-electron chi connectivity index (χ0n) is 12.3. The van der Waals surface area contributed by atoms with Crippen molar-refractivity contribution in [1.29, 1.82) is 0 Å². The van der Waals surface area contributed by atoms with E-state index in [0.717, 1.165) is 13.1 Å². The van der Waals surface area contributed by atoms with E-state index in [-0.39, 0.29) is 11.8 Å². The zero-order chi connectivity index (χ0) is 15.4. The standard InChI is InChI=1S/C15H20ClN3O2/c1-11(15(21)19-9-7-18(2)8-10-19)17-14(20)12-5-3-4-6-13(12)16/h3-6,11H,7-10H2,1-2H3,(H,17,20)/t11-/m0/s1. The van der Waals surface area contributed by atoms with Gasteiger partial charge in [-0.15, -0.1) is 0 Å². The Morgan fingerprint density at radius 3 is 2.43 bits per heavy atom. The molecular formula is C15H20ClN3O2. The number of piperazine rings is 1. The Hall–Kier alpha value is -1.59. The highest BCUT2D eigenvalue weighted by molar-refractivity contribution is 6.33. The highest BCUT2D eigenvalue weighted by atomic mass is 35.5. The molecule has 1 N–H and O–H groups in total. The number of carbonyl (C=O) groups is 2. The Labute approximate surface area is 129 Å². The first-order valence-electron chi connectivity index (χ1n) is 7.02. The van der Waals surface area contributed by atoms with Gasteiger partial charge in [-0.2, -0.15) is 0 Å². The van der Waals surface area contributed by atoms with E-state index in [1.165, 1.54) is 0 Å². The van der Waals surface area contributed by atoms with Crippen molar-refractivity contribution in [2.24, 2.45) is 0 Å². The van der Waals surface area contributed by atoms with Gasteiger partial charge >= 0.3 is 0 Å². The quantitative estimate of drug-likeness (QED) is 0.914. The smallest absolute Gasteiger partial charge is 0.253 e. The molecule has 1 aromatic rings. The maximum Gasteiger partial charge on any atom is 0.253 e. The molecule has 1 aromatic carbocycles. The van der Waals surface area contributed by atoms with Crippen LogP contribution in [0, 0.1) is 0 Å². The van der Waals surface area contributed by atoms with Gasteiger partial charge in [0.05, 0.1) is 10.6 Å². The molecule has 0 saturated carbocycles. The lowest BCUT2D eigenvalue weighted by atomic mass is 10.2. The number of rotatable bonds is 3. The van der Waals surface area contributed by atoms with E-state index in [2.05, 4.69) is 10.2 Å². The number of likely N-dealkylation sites (N-methyl/N-ethyl adjacent to an activating group) is 1. The van der Waals surface area contributed by atoms with Crippen LogP contribution in [0.4, 0.5) is 0 Å². The Kier molecular flexibility index (Phi) is 5.20. The molecule has 6 heteroatoms. The summed E-state index contributed by atoms with van der Waals surface area (Å²) >= 11 is 5.99. The van der Waals surface area contributed by atoms with Crippen molar-refractivity contribution in [3.8, 4) is 0 Å². The van der Waals surface area contributed by atoms with Crippen molar-refractivity contribution in [3.63, 3.8) is 0 Å². The van der Waals surface area contributed by atoms with E-state index in [1.54, 1.807) is 36.1 Å². The average molecular weight is 310 g/mol. The third-order valence-electron chi connectivity index (χ3n) is 3.65. The van der Waals surface area contributed by atoms with Crippen LogP contribution in [0.5, 0.6) is 0 Å². The van der Waals surface area contributed by atoms with E-state index in [4.69, 9.17) is 11.6 Å². The maximum absolute atomic E-state index is 12.3. The number of amides is 2. The summed E-state index contributed by atoms with van der Waals surface area (Å²) in [4.78, 5) is 28.4. The second-order valence-electron chi connectivity index (χ2n) is 5.30. The minimum Gasteiger partial charge on any atom is -0.340 e. The number of carbonyl (C=O) groups excluding carboxylic acids is 2. The molecular weight excluding hydrogens is 290 g/mol. The minimum atomic E-state index is -0.558. The molecule has 0 aliphatic carbocycles. The van der Waals surface area contributed by atoms with Gasteiger partial charge < -0.3 is 15.1 Å². The molecule has 1 saturated heterocycles. The Morgan fingerprint density at radius 2 is 1.81 bits per heavy atom. The molecule has 1 fully saturated rings. The molecule has 0 radical (unpaired) electrons. The van der Waals surface area contributed by atoms with Crippen LogP contribution in [0.1, 0.15) is 17.3 Å². The molecule has 114 valence electrons. The molecule has 5 nitrogen and oxygen atoms in total. The zero-order valence-corrected chi connectivity index (χ0v) is 13.1. The summed E-state index contributed by atoms with van der Waals surface area (Å²) in [5.41, 5.74) is 0.386. The second kappa shape index (κ2) is 6.91. The van der Waals surface area contributed by atoms with Crippen molar-refractivity contribution in [1.82, 2.24) is 15.1 Å². The van der Waals surface area contributed by atoms with Gasteiger partial charge in [0.25, 0.3) is 5.91 Å². The fraction of sp³-hybridized carbons (Fsp3) is 0.467. The molecule has 1 aliphatic rings. The fourth-order valence-corrected chi connectivity index (χ4v) is 2.50. The van der Waals surface area contributed by atoms with Gasteiger partial charge in [-0.1, -0.05) is 23.7 Å². The number of hydrogen-bond donors (Lipinski definition) is 1. The molecule has 0 unspecified atom stereocenters. The van der Waals surface area contributed by atoms with Gasteiger partial charge in [-0.25, -0.2) is 0 Å². The summed E-state index contributed by atoms with van der Waals surface area (Å²) in [6, 6.07) is 6.25. The second-order valence-corrected chi connectivity index (χ2v) is 5.71. The predicted molar refractivity (Wildman–Crippen MR) is 82.5 cm³/mol. The summed E-state index contributed by atoms with van der Waals surface area (Å²) in [6.07, 6.45) is 0. The van der Waals surface area contributed by atoms with Gasteiger partial charge in [0.1, 0.15) is 6.04 Å². The van der Waals surface area contributed by atoms with Crippen LogP contribution in [0.3, 0.4) is 0 Å². The van der Waals surface area contributed by atoms with E-state index in [0.29, 0.717) is 23.7 Å². The SMILES string of the molecule is C[C@H](NC(=O)c1ccccc1Cl)C(=O)N1CCN(C)CC1. The summed E-state index contributed by atoms with van der Waals surface area (Å²) in [7, 11) is 2.03. The lowest BCUT2D eigenvalue weighted by Crippen LogP contribution is -2.53. The Bertz CT molecular complexity index is 527. The number of nitrogens with zero attached hydrogens (tertiary/aromatic N) is 2. The fourth-order valence-electron chi connectivity index (χ4n) is 2.28. The molecule has 2 amide bonds. The van der Waals surface area contributed by atoms with Crippen molar-refractivity contribution in [3.05, 3.63) is 34.9 Å². The first kappa shape index (κ1) is 15.8. The minimum absolute atomic E-state index is 0.0523. The van der Waals surface area contributed by atoms with E-state index >= 15 is 0 Å². The predicted octanol–water partition coefficient (Wildman–Crippen LogP) is 1.23. The maximum atomic E-state index is 12.3. The Balaban J connectivity index is 1.95. The van der Waals surface area contributed by atoms with Gasteiger partial charge in [0, 0.05) is 26.2 Å². The van der Waals surface area contributed by atoms with Crippen LogP contribution >= 0.6 is 11.6 Å². The number of hydrogen-bond acceptors (Lipinski definition) is 3. The van der Waals surface area contributed by atoms with E-state index in [1.807, 2.05) is 7.05 Å². The molecule has 0 spiro atoms. The number of halogens is 1. The van der Waals surface area contributed by atoms with E-state index < -0.39 is 6.04 Å². The van der Waals surface area contributed by atoms with Crippen LogP contribution in [-0.2, 0) is 4.79 Å². The molecule has 21 heavy (non-hydrogen) atoms. The highest BCUT2D eigenvalue weighted by Crippen LogP contribution is 2.15. The largest absolute Gasteiger partial charge is 0.340 e. The molecule has 0 aromatic heterocycles. The summed E-state index contributed by atoms with van der Waals surface area (Å²) in [5.74, 6) is -0.376. The highest BCUT2D eigenvalue weighted by Gasteiger charge is 2.25. The van der Waals surface area contributed by atoms with Gasteiger partial charge in [0.15, 0.2) is 0 Å².